The van der Waals surface area contributed by atoms with Gasteiger partial charge in [-0.3, -0.25) is 0 Å². The van der Waals surface area contributed by atoms with Crippen LogP contribution in [0.5, 0.6) is 0 Å². The molecular weight excluding hydrogens is 266 g/mol. The first kappa shape index (κ1) is 16.2. The van der Waals surface area contributed by atoms with Crippen molar-refractivity contribution in [2.24, 2.45) is 0 Å². The van der Waals surface area contributed by atoms with Crippen molar-refractivity contribution in [2.45, 2.75) is 52.6 Å². The van der Waals surface area contributed by atoms with Crippen LogP contribution in [0.3, 0.4) is 0 Å². The Balaban J connectivity index is 2.46. The SMILES string of the molecule is CCNc1nc(C2(OCC)CCOCC2)nc(CC)c1C. The fourth-order valence-electron chi connectivity index (χ4n) is 2.86. The van der Waals surface area contributed by atoms with Gasteiger partial charge in [-0.2, -0.15) is 0 Å². The van der Waals surface area contributed by atoms with E-state index in [1.807, 2.05) is 6.92 Å². The van der Waals surface area contributed by atoms with Gasteiger partial charge in [0.05, 0.1) is 0 Å². The van der Waals surface area contributed by atoms with Crippen LogP contribution in [0.25, 0.3) is 0 Å². The van der Waals surface area contributed by atoms with Gasteiger partial charge in [0.25, 0.3) is 0 Å². The summed E-state index contributed by atoms with van der Waals surface area (Å²) in [6.07, 6.45) is 2.54. The molecule has 2 rings (SSSR count). The first-order valence-corrected chi connectivity index (χ1v) is 8.00. The zero-order chi connectivity index (χ0) is 15.3. The Labute approximate surface area is 127 Å². The van der Waals surface area contributed by atoms with Crippen LogP contribution in [0.15, 0.2) is 0 Å². The van der Waals surface area contributed by atoms with Gasteiger partial charge in [0.2, 0.25) is 0 Å². The lowest BCUT2D eigenvalue weighted by Gasteiger charge is -2.36. The Morgan fingerprint density at radius 2 is 1.90 bits per heavy atom. The van der Waals surface area contributed by atoms with E-state index in [1.54, 1.807) is 0 Å². The molecule has 0 aromatic carbocycles. The molecule has 0 aliphatic carbocycles. The maximum Gasteiger partial charge on any atom is 0.163 e. The van der Waals surface area contributed by atoms with E-state index in [0.29, 0.717) is 19.8 Å². The molecule has 0 radical (unpaired) electrons. The highest BCUT2D eigenvalue weighted by molar-refractivity contribution is 5.46. The van der Waals surface area contributed by atoms with E-state index in [2.05, 4.69) is 26.1 Å². The molecule has 1 aromatic rings. The van der Waals surface area contributed by atoms with E-state index in [9.17, 15) is 0 Å². The van der Waals surface area contributed by atoms with Crippen molar-refractivity contribution >= 4 is 5.82 Å². The molecule has 21 heavy (non-hydrogen) atoms. The van der Waals surface area contributed by atoms with Gasteiger partial charge in [-0.1, -0.05) is 6.92 Å². The van der Waals surface area contributed by atoms with Gasteiger partial charge < -0.3 is 14.8 Å². The predicted molar refractivity (Wildman–Crippen MR) is 83.7 cm³/mol. The average molecular weight is 293 g/mol. The van der Waals surface area contributed by atoms with E-state index < -0.39 is 5.60 Å². The van der Waals surface area contributed by atoms with Crippen molar-refractivity contribution in [3.05, 3.63) is 17.1 Å². The first-order chi connectivity index (χ1) is 10.2. The molecule has 118 valence electrons. The number of hydrogen-bond acceptors (Lipinski definition) is 5. The van der Waals surface area contributed by atoms with Crippen LogP contribution in [-0.2, 0) is 21.5 Å². The summed E-state index contributed by atoms with van der Waals surface area (Å²) in [5, 5.41) is 3.35. The Bertz CT molecular complexity index is 465. The van der Waals surface area contributed by atoms with Crippen molar-refractivity contribution in [3.8, 4) is 0 Å². The molecule has 0 unspecified atom stereocenters. The molecule has 5 nitrogen and oxygen atoms in total. The summed E-state index contributed by atoms with van der Waals surface area (Å²) >= 11 is 0. The average Bonchev–Trinajstić information content (AvgIpc) is 2.50. The van der Waals surface area contributed by atoms with E-state index in [-0.39, 0.29) is 0 Å². The van der Waals surface area contributed by atoms with Gasteiger partial charge in [-0.15, -0.1) is 0 Å². The van der Waals surface area contributed by atoms with Crippen LogP contribution in [-0.4, -0.2) is 36.3 Å². The monoisotopic (exact) mass is 293 g/mol. The molecular formula is C16H27N3O2. The maximum atomic E-state index is 6.10. The number of anilines is 1. The summed E-state index contributed by atoms with van der Waals surface area (Å²) in [6, 6.07) is 0. The minimum Gasteiger partial charge on any atom is -0.381 e. The fraction of sp³-hybridized carbons (Fsp3) is 0.750. The number of aromatic nitrogens is 2. The molecule has 0 bridgehead atoms. The van der Waals surface area contributed by atoms with Gasteiger partial charge in [-0.05, 0) is 27.2 Å². The quantitative estimate of drug-likeness (QED) is 0.874. The lowest BCUT2D eigenvalue weighted by Crippen LogP contribution is -2.39. The number of ether oxygens (including phenoxy) is 2. The largest absolute Gasteiger partial charge is 0.381 e. The Hall–Kier alpha value is -1.20. The third-order valence-electron chi connectivity index (χ3n) is 4.05. The van der Waals surface area contributed by atoms with Gasteiger partial charge in [0, 0.05) is 50.5 Å². The zero-order valence-electron chi connectivity index (χ0n) is 13.7. The van der Waals surface area contributed by atoms with Gasteiger partial charge in [0.15, 0.2) is 5.82 Å². The van der Waals surface area contributed by atoms with Crippen LogP contribution < -0.4 is 5.32 Å². The van der Waals surface area contributed by atoms with Crippen molar-refractivity contribution < 1.29 is 9.47 Å². The molecule has 1 aliphatic rings. The Morgan fingerprint density at radius 3 is 2.48 bits per heavy atom. The Morgan fingerprint density at radius 1 is 1.19 bits per heavy atom. The maximum absolute atomic E-state index is 6.10. The van der Waals surface area contributed by atoms with Gasteiger partial charge >= 0.3 is 0 Å². The number of hydrogen-bond donors (Lipinski definition) is 1. The van der Waals surface area contributed by atoms with Crippen LogP contribution >= 0.6 is 0 Å². The summed E-state index contributed by atoms with van der Waals surface area (Å²) in [5.74, 6) is 1.75. The molecule has 1 aliphatic heterocycles. The molecule has 1 fully saturated rings. The van der Waals surface area contributed by atoms with Gasteiger partial charge in [-0.25, -0.2) is 9.97 Å². The van der Waals surface area contributed by atoms with Crippen LogP contribution in [0.1, 0.15) is 50.7 Å². The molecule has 5 heteroatoms. The standard InChI is InChI=1S/C16H27N3O2/c1-5-13-12(4)14(17-6-2)19-15(18-13)16(21-7-3)8-10-20-11-9-16/h5-11H2,1-4H3,(H,17,18,19). The van der Waals surface area contributed by atoms with Crippen LogP contribution in [0, 0.1) is 6.92 Å². The highest BCUT2D eigenvalue weighted by Crippen LogP contribution is 2.35. The summed E-state index contributed by atoms with van der Waals surface area (Å²) in [5.41, 5.74) is 1.85. The number of nitrogens with one attached hydrogen (secondary N) is 1. The van der Waals surface area contributed by atoms with Crippen molar-refractivity contribution in [1.29, 1.82) is 0 Å². The minimum atomic E-state index is -0.394. The smallest absolute Gasteiger partial charge is 0.163 e. The van der Waals surface area contributed by atoms with Gasteiger partial charge in [0.1, 0.15) is 11.4 Å². The predicted octanol–water partition coefficient (Wildman–Crippen LogP) is 2.82. The summed E-state index contributed by atoms with van der Waals surface area (Å²) in [7, 11) is 0. The van der Waals surface area contributed by atoms with Crippen molar-refractivity contribution in [1.82, 2.24) is 9.97 Å². The third kappa shape index (κ3) is 3.35. The molecule has 1 aromatic heterocycles. The molecule has 0 spiro atoms. The molecule has 1 N–H and O–H groups in total. The fourth-order valence-corrected chi connectivity index (χ4v) is 2.86. The molecule has 1 saturated heterocycles. The lowest BCUT2D eigenvalue weighted by atomic mass is 9.92. The zero-order valence-corrected chi connectivity index (χ0v) is 13.7. The summed E-state index contributed by atoms with van der Waals surface area (Å²) in [4.78, 5) is 9.60. The molecule has 0 saturated carbocycles. The van der Waals surface area contributed by atoms with E-state index in [1.165, 1.54) is 0 Å². The lowest BCUT2D eigenvalue weighted by molar-refractivity contribution is -0.117. The second kappa shape index (κ2) is 7.18. The highest BCUT2D eigenvalue weighted by atomic mass is 16.5. The first-order valence-electron chi connectivity index (χ1n) is 8.00. The minimum absolute atomic E-state index is 0.394. The number of rotatable bonds is 6. The van der Waals surface area contributed by atoms with E-state index in [4.69, 9.17) is 19.4 Å². The Kier molecular flexibility index (Phi) is 5.53. The topological polar surface area (TPSA) is 56.3 Å². The van der Waals surface area contributed by atoms with E-state index >= 15 is 0 Å². The molecule has 0 amide bonds. The second-order valence-electron chi connectivity index (χ2n) is 5.39. The molecule has 0 atom stereocenters. The summed E-state index contributed by atoms with van der Waals surface area (Å²) in [6.45, 7) is 11.2. The third-order valence-corrected chi connectivity index (χ3v) is 4.05. The summed E-state index contributed by atoms with van der Waals surface area (Å²) < 4.78 is 11.6. The number of aryl methyl sites for hydroxylation is 1. The highest BCUT2D eigenvalue weighted by Gasteiger charge is 2.38. The number of nitrogens with zero attached hydrogens (tertiary/aromatic N) is 2. The van der Waals surface area contributed by atoms with Crippen LogP contribution in [0.2, 0.25) is 0 Å². The van der Waals surface area contributed by atoms with Crippen LogP contribution in [0.4, 0.5) is 5.82 Å². The van der Waals surface area contributed by atoms with Crippen molar-refractivity contribution in [3.63, 3.8) is 0 Å². The normalized spacial score (nSPS) is 17.7. The van der Waals surface area contributed by atoms with E-state index in [0.717, 1.165) is 48.7 Å². The van der Waals surface area contributed by atoms with Crippen molar-refractivity contribution in [2.75, 3.05) is 31.7 Å². The second-order valence-corrected chi connectivity index (χ2v) is 5.39. The molecule has 2 heterocycles.